The second kappa shape index (κ2) is 10.1. The largest absolute Gasteiger partial charge is 0.478 e. The lowest BCUT2D eigenvalue weighted by atomic mass is 10.1. The third-order valence-corrected chi connectivity index (χ3v) is 5.57. The number of carbonyl (C=O) groups is 3. The highest BCUT2D eigenvalue weighted by Gasteiger charge is 2.35. The van der Waals surface area contributed by atoms with Gasteiger partial charge in [0.25, 0.3) is 5.91 Å². The van der Waals surface area contributed by atoms with Gasteiger partial charge < -0.3 is 15.7 Å². The van der Waals surface area contributed by atoms with Crippen LogP contribution in [0.5, 0.6) is 0 Å². The minimum absolute atomic E-state index is 0.0140. The highest BCUT2D eigenvalue weighted by atomic mass is 19.4. The molecule has 3 N–H and O–H groups in total. The quantitative estimate of drug-likeness (QED) is 0.273. The number of nitrogens with zero attached hydrogens (tertiary/aromatic N) is 2. The maximum absolute atomic E-state index is 13.3. The molecule has 39 heavy (non-hydrogen) atoms. The second-order valence-corrected chi connectivity index (χ2v) is 8.13. The summed E-state index contributed by atoms with van der Waals surface area (Å²) in [5.74, 6) is -2.73. The van der Waals surface area contributed by atoms with E-state index in [2.05, 4.69) is 15.7 Å². The first-order chi connectivity index (χ1) is 18.3. The van der Waals surface area contributed by atoms with E-state index in [-0.39, 0.29) is 22.2 Å². The van der Waals surface area contributed by atoms with E-state index in [4.69, 9.17) is 0 Å². The highest BCUT2D eigenvalue weighted by molar-refractivity contribution is 6.10. The SMILES string of the molecule is O=C(Nc1cc(C(=O)O)c2c(cnn2C(=O)NCc2ccccc2C(F)(F)F)c1)c1ccccc1C(F)(F)F. The van der Waals surface area contributed by atoms with Crippen molar-refractivity contribution in [2.45, 2.75) is 18.9 Å². The van der Waals surface area contributed by atoms with Gasteiger partial charge in [0.2, 0.25) is 0 Å². The van der Waals surface area contributed by atoms with E-state index in [9.17, 15) is 45.8 Å². The summed E-state index contributed by atoms with van der Waals surface area (Å²) in [5.41, 5.74) is -4.09. The van der Waals surface area contributed by atoms with Gasteiger partial charge in [-0.05, 0) is 35.9 Å². The molecular formula is C25H16F6N4O4. The Balaban J connectivity index is 1.63. The number of anilines is 1. The Morgan fingerprint density at radius 2 is 1.46 bits per heavy atom. The number of carboxylic acids is 1. The van der Waals surface area contributed by atoms with Crippen LogP contribution < -0.4 is 10.6 Å². The fourth-order valence-corrected chi connectivity index (χ4v) is 3.88. The molecule has 0 spiro atoms. The Morgan fingerprint density at radius 1 is 0.846 bits per heavy atom. The number of nitrogens with one attached hydrogen (secondary N) is 2. The molecule has 0 fully saturated rings. The van der Waals surface area contributed by atoms with Crippen LogP contribution in [0.2, 0.25) is 0 Å². The average molecular weight is 550 g/mol. The average Bonchev–Trinajstić information content (AvgIpc) is 3.30. The molecule has 4 aromatic rings. The topological polar surface area (TPSA) is 113 Å². The van der Waals surface area contributed by atoms with Gasteiger partial charge >= 0.3 is 24.4 Å². The Morgan fingerprint density at radius 3 is 2.10 bits per heavy atom. The third kappa shape index (κ3) is 5.68. The van der Waals surface area contributed by atoms with Gasteiger partial charge in [-0.25, -0.2) is 9.59 Å². The zero-order valence-corrected chi connectivity index (χ0v) is 19.4. The summed E-state index contributed by atoms with van der Waals surface area (Å²) in [5, 5.41) is 18.0. The first-order valence-corrected chi connectivity index (χ1v) is 10.9. The molecule has 0 atom stereocenters. The van der Waals surface area contributed by atoms with Crippen LogP contribution in [0.1, 0.15) is 37.4 Å². The number of halogens is 6. The lowest BCUT2D eigenvalue weighted by molar-refractivity contribution is -0.138. The predicted octanol–water partition coefficient (Wildman–Crippen LogP) is 5.78. The molecule has 0 unspecified atom stereocenters. The fraction of sp³-hybridized carbons (Fsp3) is 0.120. The zero-order chi connectivity index (χ0) is 28.5. The second-order valence-electron chi connectivity index (χ2n) is 8.13. The number of alkyl halides is 6. The fourth-order valence-electron chi connectivity index (χ4n) is 3.88. The summed E-state index contributed by atoms with van der Waals surface area (Å²) in [6, 6.07) is 9.62. The van der Waals surface area contributed by atoms with E-state index < -0.39 is 59.1 Å². The van der Waals surface area contributed by atoms with Crippen molar-refractivity contribution in [1.82, 2.24) is 15.1 Å². The number of benzene rings is 3. The molecule has 0 saturated heterocycles. The standard InChI is InChI=1S/C25H16F6N4O4/c26-24(27,28)18-7-3-1-5-13(18)11-32-23(39)35-20-14(12-33-35)9-15(10-17(20)22(37)38)34-21(36)16-6-2-4-8-19(16)25(29,30)31/h1-10,12H,11H2,(H,32,39)(H,34,36)(H,37,38). The van der Waals surface area contributed by atoms with Gasteiger partial charge in [0, 0.05) is 17.6 Å². The Labute approximate surface area is 214 Å². The van der Waals surface area contributed by atoms with Crippen molar-refractivity contribution >= 4 is 34.5 Å². The molecule has 202 valence electrons. The summed E-state index contributed by atoms with van der Waals surface area (Å²) in [4.78, 5) is 37.3. The number of hydrogen-bond acceptors (Lipinski definition) is 4. The number of aromatic carboxylic acids is 1. The van der Waals surface area contributed by atoms with E-state index in [0.717, 1.165) is 36.5 Å². The van der Waals surface area contributed by atoms with Gasteiger partial charge in [-0.3, -0.25) is 4.79 Å². The van der Waals surface area contributed by atoms with Crippen LogP contribution in [0.15, 0.2) is 66.9 Å². The summed E-state index contributed by atoms with van der Waals surface area (Å²) in [6.07, 6.45) is -8.43. The normalized spacial score (nSPS) is 11.8. The number of rotatable bonds is 5. The molecule has 3 aromatic carbocycles. The van der Waals surface area contributed by atoms with Crippen LogP contribution in [-0.2, 0) is 18.9 Å². The third-order valence-electron chi connectivity index (χ3n) is 5.57. The minimum atomic E-state index is -4.82. The molecule has 4 rings (SSSR count). The maximum Gasteiger partial charge on any atom is 0.417 e. The van der Waals surface area contributed by atoms with Crippen molar-refractivity contribution in [3.05, 3.63) is 94.7 Å². The molecule has 8 nitrogen and oxygen atoms in total. The van der Waals surface area contributed by atoms with E-state index >= 15 is 0 Å². The van der Waals surface area contributed by atoms with E-state index in [1.165, 1.54) is 30.3 Å². The predicted molar refractivity (Wildman–Crippen MR) is 125 cm³/mol. The Kier molecular flexibility index (Phi) is 7.05. The summed E-state index contributed by atoms with van der Waals surface area (Å²) >= 11 is 0. The van der Waals surface area contributed by atoms with Gasteiger partial charge in [0.1, 0.15) is 0 Å². The van der Waals surface area contributed by atoms with Gasteiger partial charge in [0.05, 0.1) is 34.0 Å². The Bertz CT molecular complexity index is 1590. The number of fused-ring (bicyclic) bond motifs is 1. The maximum atomic E-state index is 13.3. The smallest absolute Gasteiger partial charge is 0.417 e. The highest BCUT2D eigenvalue weighted by Crippen LogP contribution is 2.33. The molecular weight excluding hydrogens is 534 g/mol. The lowest BCUT2D eigenvalue weighted by Gasteiger charge is -2.14. The van der Waals surface area contributed by atoms with Crippen LogP contribution in [0.4, 0.5) is 36.8 Å². The van der Waals surface area contributed by atoms with Gasteiger partial charge in [-0.15, -0.1) is 0 Å². The lowest BCUT2D eigenvalue weighted by Crippen LogP contribution is -2.30. The first-order valence-electron chi connectivity index (χ1n) is 10.9. The monoisotopic (exact) mass is 550 g/mol. The molecule has 0 bridgehead atoms. The first kappa shape index (κ1) is 27.2. The van der Waals surface area contributed by atoms with E-state index in [1.807, 2.05) is 0 Å². The number of aromatic nitrogens is 2. The molecule has 1 heterocycles. The van der Waals surface area contributed by atoms with E-state index in [1.54, 1.807) is 0 Å². The number of carbonyl (C=O) groups excluding carboxylic acids is 2. The molecule has 0 aliphatic carbocycles. The van der Waals surface area contributed by atoms with Crippen LogP contribution in [-0.4, -0.2) is 32.8 Å². The van der Waals surface area contributed by atoms with Gasteiger partial charge in [-0.1, -0.05) is 30.3 Å². The van der Waals surface area contributed by atoms with Crippen molar-refractivity contribution in [1.29, 1.82) is 0 Å². The van der Waals surface area contributed by atoms with Gasteiger partial charge in [-0.2, -0.15) is 36.1 Å². The molecule has 1 aromatic heterocycles. The summed E-state index contributed by atoms with van der Waals surface area (Å²) < 4.78 is 80.2. The van der Waals surface area contributed by atoms with Crippen molar-refractivity contribution in [3.63, 3.8) is 0 Å². The Hall–Kier alpha value is -4.88. The molecule has 0 aliphatic heterocycles. The van der Waals surface area contributed by atoms with Crippen LogP contribution >= 0.6 is 0 Å². The van der Waals surface area contributed by atoms with Crippen LogP contribution in [0, 0.1) is 0 Å². The van der Waals surface area contributed by atoms with Gasteiger partial charge in [0.15, 0.2) is 0 Å². The number of hydrogen-bond donors (Lipinski definition) is 3. The van der Waals surface area contributed by atoms with Crippen LogP contribution in [0.25, 0.3) is 10.9 Å². The molecule has 2 amide bonds. The van der Waals surface area contributed by atoms with Crippen molar-refractivity contribution < 1.29 is 45.8 Å². The number of carboxylic acid groups (broad SMARTS) is 1. The minimum Gasteiger partial charge on any atom is -0.478 e. The molecule has 0 aliphatic rings. The molecule has 0 radical (unpaired) electrons. The zero-order valence-electron chi connectivity index (χ0n) is 19.4. The summed E-state index contributed by atoms with van der Waals surface area (Å²) in [7, 11) is 0. The number of amides is 2. The van der Waals surface area contributed by atoms with Crippen molar-refractivity contribution in [2.24, 2.45) is 0 Å². The molecule has 14 heteroatoms. The van der Waals surface area contributed by atoms with Crippen LogP contribution in [0.3, 0.4) is 0 Å². The summed E-state index contributed by atoms with van der Waals surface area (Å²) in [6.45, 7) is -0.551. The molecule has 0 saturated carbocycles. The van der Waals surface area contributed by atoms with Crippen molar-refractivity contribution in [2.75, 3.05) is 5.32 Å². The van der Waals surface area contributed by atoms with Crippen molar-refractivity contribution in [3.8, 4) is 0 Å². The van der Waals surface area contributed by atoms with E-state index in [0.29, 0.717) is 4.68 Å².